The van der Waals surface area contributed by atoms with Gasteiger partial charge in [-0.05, 0) is 36.8 Å². The number of amides is 2. The number of carbonyl (C=O) groups excluding carboxylic acids is 2. The zero-order chi connectivity index (χ0) is 24.9. The van der Waals surface area contributed by atoms with Crippen molar-refractivity contribution in [2.24, 2.45) is 0 Å². The van der Waals surface area contributed by atoms with E-state index in [2.05, 4.69) is 10.6 Å². The van der Waals surface area contributed by atoms with E-state index < -0.39 is 39.5 Å². The Morgan fingerprint density at radius 2 is 1.59 bits per heavy atom. The molecule has 0 saturated heterocycles. The van der Waals surface area contributed by atoms with Crippen LogP contribution in [-0.4, -0.2) is 32.5 Å². The summed E-state index contributed by atoms with van der Waals surface area (Å²) in [4.78, 5) is 25.7. The van der Waals surface area contributed by atoms with Gasteiger partial charge in [-0.3, -0.25) is 13.9 Å². The van der Waals surface area contributed by atoms with Crippen molar-refractivity contribution in [3.05, 3.63) is 95.6 Å². The molecule has 3 aromatic carbocycles. The Bertz CT molecular complexity index is 1300. The summed E-state index contributed by atoms with van der Waals surface area (Å²) < 4.78 is 52.5. The molecule has 34 heavy (non-hydrogen) atoms. The highest BCUT2D eigenvalue weighted by Crippen LogP contribution is 2.24. The highest BCUT2D eigenvalue weighted by molar-refractivity contribution is 7.92. The molecule has 7 nitrogen and oxygen atoms in total. The first-order valence-electron chi connectivity index (χ1n) is 10.2. The molecule has 0 radical (unpaired) electrons. The molecular formula is C24H23F2N3O4S. The molecule has 3 aromatic rings. The minimum atomic E-state index is -4.05. The molecule has 0 aliphatic heterocycles. The molecule has 0 bridgehead atoms. The number of nitrogens with zero attached hydrogens (tertiary/aromatic N) is 1. The number of halogens is 2. The second-order valence-corrected chi connectivity index (χ2v) is 9.40. The minimum absolute atomic E-state index is 0.170. The molecule has 0 aliphatic rings. The molecule has 0 spiro atoms. The lowest BCUT2D eigenvalue weighted by Gasteiger charge is -2.28. The fourth-order valence-corrected chi connectivity index (χ4v) is 4.50. The molecule has 0 aromatic heterocycles. The summed E-state index contributed by atoms with van der Waals surface area (Å²) in [6, 6.07) is 16.7. The fraction of sp³-hybridized carbons (Fsp3) is 0.167. The SMILES string of the molecule is C[C@@H](C(=O)Nc1ccccc1C(=O)NCc1ccccc1)N(c1ccc(F)c(F)c1)S(C)(=O)=O. The van der Waals surface area contributed by atoms with Crippen LogP contribution in [0.25, 0.3) is 0 Å². The Hall–Kier alpha value is -3.79. The normalized spacial score (nSPS) is 12.0. The van der Waals surface area contributed by atoms with Gasteiger partial charge in [-0.1, -0.05) is 42.5 Å². The van der Waals surface area contributed by atoms with E-state index in [1.54, 1.807) is 12.1 Å². The van der Waals surface area contributed by atoms with Gasteiger partial charge in [-0.25, -0.2) is 17.2 Å². The van der Waals surface area contributed by atoms with Crippen LogP contribution in [0, 0.1) is 11.6 Å². The van der Waals surface area contributed by atoms with Crippen molar-refractivity contribution in [1.29, 1.82) is 0 Å². The molecule has 2 amide bonds. The van der Waals surface area contributed by atoms with Gasteiger partial charge in [0.25, 0.3) is 5.91 Å². The molecule has 0 fully saturated rings. The quantitative estimate of drug-likeness (QED) is 0.507. The van der Waals surface area contributed by atoms with Gasteiger partial charge in [0.2, 0.25) is 15.9 Å². The average Bonchev–Trinajstić information content (AvgIpc) is 2.80. The molecule has 0 unspecified atom stereocenters. The standard InChI is InChI=1S/C24H23F2N3O4S/c1-16(29(34(2,32)33)18-12-13-20(25)21(26)14-18)23(30)28-22-11-7-6-10-19(22)24(31)27-15-17-8-4-3-5-9-17/h3-14,16H,15H2,1-2H3,(H,27,31)(H,28,30)/t16-/m0/s1. The smallest absolute Gasteiger partial charge is 0.253 e. The first-order chi connectivity index (χ1) is 16.1. The van der Waals surface area contributed by atoms with Gasteiger partial charge in [0.15, 0.2) is 11.6 Å². The number of hydrogen-bond donors (Lipinski definition) is 2. The predicted octanol–water partition coefficient (Wildman–Crippen LogP) is 3.69. The molecule has 0 aliphatic carbocycles. The summed E-state index contributed by atoms with van der Waals surface area (Å²) in [7, 11) is -4.05. The summed E-state index contributed by atoms with van der Waals surface area (Å²) >= 11 is 0. The first-order valence-corrected chi connectivity index (χ1v) is 12.1. The third kappa shape index (κ3) is 5.96. The van der Waals surface area contributed by atoms with Crippen molar-refractivity contribution in [3.63, 3.8) is 0 Å². The lowest BCUT2D eigenvalue weighted by atomic mass is 10.1. The lowest BCUT2D eigenvalue weighted by Crippen LogP contribution is -2.45. The largest absolute Gasteiger partial charge is 0.348 e. The zero-order valence-corrected chi connectivity index (χ0v) is 19.3. The summed E-state index contributed by atoms with van der Waals surface area (Å²) in [5.74, 6) is -3.60. The Morgan fingerprint density at radius 1 is 0.941 bits per heavy atom. The second kappa shape index (κ2) is 10.4. The van der Waals surface area contributed by atoms with Crippen molar-refractivity contribution in [3.8, 4) is 0 Å². The lowest BCUT2D eigenvalue weighted by molar-refractivity contribution is -0.116. The van der Waals surface area contributed by atoms with Crippen molar-refractivity contribution in [1.82, 2.24) is 5.32 Å². The van der Waals surface area contributed by atoms with Crippen molar-refractivity contribution in [2.75, 3.05) is 15.9 Å². The van der Waals surface area contributed by atoms with Crippen LogP contribution < -0.4 is 14.9 Å². The number of carbonyl (C=O) groups is 2. The van der Waals surface area contributed by atoms with E-state index in [9.17, 15) is 26.8 Å². The van der Waals surface area contributed by atoms with Gasteiger partial charge in [-0.2, -0.15) is 0 Å². The number of benzene rings is 3. The number of hydrogen-bond acceptors (Lipinski definition) is 4. The van der Waals surface area contributed by atoms with E-state index in [0.29, 0.717) is 10.4 Å². The predicted molar refractivity (Wildman–Crippen MR) is 126 cm³/mol. The van der Waals surface area contributed by atoms with Gasteiger partial charge in [0.1, 0.15) is 6.04 Å². The van der Waals surface area contributed by atoms with Gasteiger partial charge < -0.3 is 10.6 Å². The summed E-state index contributed by atoms with van der Waals surface area (Å²) in [6.07, 6.45) is 0.850. The molecule has 0 heterocycles. The van der Waals surface area contributed by atoms with E-state index in [1.807, 2.05) is 30.3 Å². The molecule has 178 valence electrons. The van der Waals surface area contributed by atoms with Crippen LogP contribution in [0.2, 0.25) is 0 Å². The van der Waals surface area contributed by atoms with Crippen LogP contribution >= 0.6 is 0 Å². The third-order valence-electron chi connectivity index (χ3n) is 4.97. The number of nitrogens with one attached hydrogen (secondary N) is 2. The number of rotatable bonds is 8. The highest BCUT2D eigenvalue weighted by Gasteiger charge is 2.30. The van der Waals surface area contributed by atoms with Gasteiger partial charge in [-0.15, -0.1) is 0 Å². The Morgan fingerprint density at radius 3 is 2.24 bits per heavy atom. The van der Waals surface area contributed by atoms with Crippen LogP contribution in [0.15, 0.2) is 72.8 Å². The number of para-hydroxylation sites is 1. The monoisotopic (exact) mass is 487 g/mol. The number of sulfonamides is 1. The van der Waals surface area contributed by atoms with E-state index in [1.165, 1.54) is 19.1 Å². The molecule has 0 saturated carbocycles. The van der Waals surface area contributed by atoms with Crippen LogP contribution in [-0.2, 0) is 21.4 Å². The van der Waals surface area contributed by atoms with Gasteiger partial charge in [0, 0.05) is 12.6 Å². The summed E-state index contributed by atoms with van der Waals surface area (Å²) in [6.45, 7) is 1.58. The fourth-order valence-electron chi connectivity index (χ4n) is 3.33. The first kappa shape index (κ1) is 24.8. The van der Waals surface area contributed by atoms with Gasteiger partial charge >= 0.3 is 0 Å². The second-order valence-electron chi connectivity index (χ2n) is 7.54. The average molecular weight is 488 g/mol. The highest BCUT2D eigenvalue weighted by atomic mass is 32.2. The van der Waals surface area contributed by atoms with E-state index >= 15 is 0 Å². The van der Waals surface area contributed by atoms with Gasteiger partial charge in [0.05, 0.1) is 23.2 Å². The molecule has 2 N–H and O–H groups in total. The zero-order valence-electron chi connectivity index (χ0n) is 18.5. The van der Waals surface area contributed by atoms with Crippen LogP contribution in [0.5, 0.6) is 0 Å². The summed E-state index contributed by atoms with van der Waals surface area (Å²) in [5.41, 5.74) is 1.03. The molecular weight excluding hydrogens is 464 g/mol. The number of anilines is 2. The van der Waals surface area contributed by atoms with Crippen molar-refractivity contribution in [2.45, 2.75) is 19.5 Å². The maximum Gasteiger partial charge on any atom is 0.253 e. The Balaban J connectivity index is 1.81. The topological polar surface area (TPSA) is 95.6 Å². The van der Waals surface area contributed by atoms with Crippen molar-refractivity contribution < 1.29 is 26.8 Å². The maximum atomic E-state index is 13.7. The maximum absolute atomic E-state index is 13.7. The van der Waals surface area contributed by atoms with E-state index in [4.69, 9.17) is 0 Å². The van der Waals surface area contributed by atoms with E-state index in [-0.39, 0.29) is 23.5 Å². The Kier molecular flexibility index (Phi) is 7.62. The third-order valence-corrected chi connectivity index (χ3v) is 6.21. The molecule has 1 atom stereocenters. The molecule has 10 heteroatoms. The van der Waals surface area contributed by atoms with Crippen molar-refractivity contribution >= 4 is 33.2 Å². The summed E-state index contributed by atoms with van der Waals surface area (Å²) in [5, 5.41) is 5.33. The van der Waals surface area contributed by atoms with Crippen LogP contribution in [0.1, 0.15) is 22.8 Å². The van der Waals surface area contributed by atoms with Crippen LogP contribution in [0.3, 0.4) is 0 Å². The Labute approximate surface area is 196 Å². The van der Waals surface area contributed by atoms with E-state index in [0.717, 1.165) is 24.0 Å². The minimum Gasteiger partial charge on any atom is -0.348 e. The van der Waals surface area contributed by atoms with Crippen LogP contribution in [0.4, 0.5) is 20.2 Å². The molecule has 3 rings (SSSR count).